The summed E-state index contributed by atoms with van der Waals surface area (Å²) in [6.07, 6.45) is 3.12. The van der Waals surface area contributed by atoms with Crippen LogP contribution in [0, 0.1) is 5.82 Å². The fourth-order valence-corrected chi connectivity index (χ4v) is 4.09. The van der Waals surface area contributed by atoms with Crippen molar-refractivity contribution in [1.82, 2.24) is 14.7 Å². The van der Waals surface area contributed by atoms with Crippen LogP contribution in [-0.2, 0) is 22.5 Å². The van der Waals surface area contributed by atoms with Crippen molar-refractivity contribution in [1.29, 1.82) is 0 Å². The number of aryl methyl sites for hydroxylation is 1. The van der Waals surface area contributed by atoms with Gasteiger partial charge in [0.2, 0.25) is 11.8 Å². The second-order valence-corrected chi connectivity index (χ2v) is 8.15. The Hall–Kier alpha value is -3.19. The van der Waals surface area contributed by atoms with Crippen LogP contribution >= 0.6 is 0 Å². The highest BCUT2D eigenvalue weighted by Crippen LogP contribution is 2.33. The number of carbonyl (C=O) groups excluding carboxylic acids is 1. The Morgan fingerprint density at radius 3 is 2.58 bits per heavy atom. The predicted octanol–water partition coefficient (Wildman–Crippen LogP) is 5.28. The van der Waals surface area contributed by atoms with Gasteiger partial charge in [0.15, 0.2) is 0 Å². The molecule has 1 aliphatic rings. The largest absolute Gasteiger partial charge is 0.439 e. The van der Waals surface area contributed by atoms with E-state index in [2.05, 4.69) is 0 Å². The van der Waals surface area contributed by atoms with Gasteiger partial charge in [-0.05, 0) is 55.7 Å². The molecule has 1 aliphatic heterocycles. The van der Waals surface area contributed by atoms with Gasteiger partial charge in [-0.25, -0.2) is 9.07 Å². The Bertz CT molecular complexity index is 1060. The zero-order chi connectivity index (χ0) is 23.2. The lowest BCUT2D eigenvalue weighted by molar-refractivity contribution is -0.133. The van der Waals surface area contributed by atoms with Crippen LogP contribution in [0.25, 0.3) is 5.69 Å². The van der Waals surface area contributed by atoms with E-state index < -0.39 is 0 Å². The van der Waals surface area contributed by atoms with Crippen molar-refractivity contribution < 1.29 is 18.7 Å². The minimum atomic E-state index is -0.329. The first-order chi connectivity index (χ1) is 16.1. The third kappa shape index (κ3) is 5.42. The third-order valence-corrected chi connectivity index (χ3v) is 5.84. The molecule has 174 valence electrons. The average Bonchev–Trinajstić information content (AvgIpc) is 3.48. The van der Waals surface area contributed by atoms with Gasteiger partial charge in [-0.1, -0.05) is 32.0 Å². The van der Waals surface area contributed by atoms with Crippen LogP contribution in [0.5, 0.6) is 11.6 Å². The summed E-state index contributed by atoms with van der Waals surface area (Å²) in [5.74, 6) is 0.771. The number of halogens is 1. The second kappa shape index (κ2) is 10.6. The van der Waals surface area contributed by atoms with E-state index in [9.17, 15) is 9.18 Å². The molecule has 3 aromatic rings. The summed E-state index contributed by atoms with van der Waals surface area (Å²) in [5, 5.41) is 4.83. The zero-order valence-corrected chi connectivity index (χ0v) is 19.2. The van der Waals surface area contributed by atoms with Gasteiger partial charge in [0.25, 0.3) is 0 Å². The number of aromatic nitrogens is 2. The number of benzene rings is 2. The molecule has 0 radical (unpaired) electrons. The van der Waals surface area contributed by atoms with E-state index in [1.807, 2.05) is 49.1 Å². The molecule has 2 heterocycles. The number of carbonyl (C=O) groups is 1. The Morgan fingerprint density at radius 2 is 1.94 bits per heavy atom. The van der Waals surface area contributed by atoms with Gasteiger partial charge >= 0.3 is 0 Å². The molecule has 1 aromatic heterocycles. The normalized spacial score (nSPS) is 15.5. The summed E-state index contributed by atoms with van der Waals surface area (Å²) < 4.78 is 27.3. The quantitative estimate of drug-likeness (QED) is 0.444. The topological polar surface area (TPSA) is 56.6 Å². The van der Waals surface area contributed by atoms with E-state index in [0.29, 0.717) is 37.6 Å². The first-order valence-electron chi connectivity index (χ1n) is 11.6. The standard InChI is InChI=1S/C26H30FN3O3/c1-3-24-23(18-29(25(31)4-2)17-22-11-8-16-32-22)26(33-21-14-12-19(27)13-15-21)30(28-24)20-9-6-5-7-10-20/h5-7,9-10,12-15,22H,3-4,8,11,16-18H2,1-2H3/t22-/m1/s1. The lowest BCUT2D eigenvalue weighted by Gasteiger charge is -2.25. The zero-order valence-electron chi connectivity index (χ0n) is 19.2. The van der Waals surface area contributed by atoms with Crippen molar-refractivity contribution in [2.45, 2.75) is 52.2 Å². The number of amides is 1. The number of nitrogens with zero attached hydrogens (tertiary/aromatic N) is 3. The van der Waals surface area contributed by atoms with Gasteiger partial charge in [-0.15, -0.1) is 0 Å². The molecule has 1 atom stereocenters. The van der Waals surface area contributed by atoms with Gasteiger partial charge in [0, 0.05) is 19.6 Å². The first-order valence-corrected chi connectivity index (χ1v) is 11.6. The van der Waals surface area contributed by atoms with Crippen molar-refractivity contribution in [2.24, 2.45) is 0 Å². The van der Waals surface area contributed by atoms with E-state index in [-0.39, 0.29) is 17.8 Å². The van der Waals surface area contributed by atoms with Crippen molar-refractivity contribution in [2.75, 3.05) is 13.2 Å². The maximum Gasteiger partial charge on any atom is 0.227 e. The molecular formula is C26H30FN3O3. The Kier molecular flexibility index (Phi) is 7.40. The molecule has 1 amide bonds. The number of ether oxygens (including phenoxy) is 2. The number of hydrogen-bond acceptors (Lipinski definition) is 4. The highest BCUT2D eigenvalue weighted by atomic mass is 19.1. The Balaban J connectivity index is 1.74. The van der Waals surface area contributed by atoms with Gasteiger partial charge < -0.3 is 14.4 Å². The Labute approximate surface area is 193 Å². The molecular weight excluding hydrogens is 421 g/mol. The van der Waals surface area contributed by atoms with Crippen LogP contribution in [0.2, 0.25) is 0 Å². The Morgan fingerprint density at radius 1 is 1.18 bits per heavy atom. The third-order valence-electron chi connectivity index (χ3n) is 5.84. The van der Waals surface area contributed by atoms with Crippen LogP contribution in [0.15, 0.2) is 54.6 Å². The minimum Gasteiger partial charge on any atom is -0.439 e. The monoisotopic (exact) mass is 451 g/mol. The van der Waals surface area contributed by atoms with Crippen LogP contribution in [0.4, 0.5) is 4.39 Å². The molecule has 1 saturated heterocycles. The summed E-state index contributed by atoms with van der Waals surface area (Å²) >= 11 is 0. The van der Waals surface area contributed by atoms with E-state index >= 15 is 0 Å². The molecule has 2 aromatic carbocycles. The number of hydrogen-bond donors (Lipinski definition) is 0. The maximum atomic E-state index is 13.5. The van der Waals surface area contributed by atoms with E-state index in [1.54, 1.807) is 16.8 Å². The molecule has 0 spiro atoms. The average molecular weight is 452 g/mol. The van der Waals surface area contributed by atoms with E-state index in [0.717, 1.165) is 36.4 Å². The van der Waals surface area contributed by atoms with Crippen LogP contribution in [0.3, 0.4) is 0 Å². The van der Waals surface area contributed by atoms with E-state index in [1.165, 1.54) is 12.1 Å². The highest BCUT2D eigenvalue weighted by Gasteiger charge is 2.27. The second-order valence-electron chi connectivity index (χ2n) is 8.15. The van der Waals surface area contributed by atoms with Crippen molar-refractivity contribution in [3.63, 3.8) is 0 Å². The van der Waals surface area contributed by atoms with E-state index in [4.69, 9.17) is 14.6 Å². The smallest absolute Gasteiger partial charge is 0.227 e. The minimum absolute atomic E-state index is 0.0520. The molecule has 0 N–H and O–H groups in total. The van der Waals surface area contributed by atoms with Crippen LogP contribution in [0.1, 0.15) is 44.4 Å². The molecule has 33 heavy (non-hydrogen) atoms. The van der Waals surface area contributed by atoms with Gasteiger partial charge in [-0.3, -0.25) is 4.79 Å². The van der Waals surface area contributed by atoms with Gasteiger partial charge in [0.1, 0.15) is 11.6 Å². The predicted molar refractivity (Wildman–Crippen MR) is 124 cm³/mol. The molecule has 4 rings (SSSR count). The fourth-order valence-electron chi connectivity index (χ4n) is 4.09. The molecule has 0 saturated carbocycles. The van der Waals surface area contributed by atoms with Crippen molar-refractivity contribution in [3.05, 3.63) is 71.7 Å². The maximum absolute atomic E-state index is 13.5. The molecule has 1 fully saturated rings. The first kappa shape index (κ1) is 23.0. The molecule has 6 nitrogen and oxygen atoms in total. The van der Waals surface area contributed by atoms with Crippen molar-refractivity contribution >= 4 is 5.91 Å². The SMILES string of the molecule is CCC(=O)N(Cc1c(CC)nn(-c2ccccc2)c1Oc1ccc(F)cc1)C[C@H]1CCCO1. The molecule has 0 bridgehead atoms. The highest BCUT2D eigenvalue weighted by molar-refractivity contribution is 5.76. The summed E-state index contributed by atoms with van der Waals surface area (Å²) in [6.45, 7) is 5.56. The summed E-state index contributed by atoms with van der Waals surface area (Å²) in [6, 6.07) is 15.6. The number of rotatable bonds is 9. The summed E-state index contributed by atoms with van der Waals surface area (Å²) in [7, 11) is 0. The van der Waals surface area contributed by atoms with Crippen molar-refractivity contribution in [3.8, 4) is 17.3 Å². The molecule has 0 unspecified atom stereocenters. The van der Waals surface area contributed by atoms with Crippen LogP contribution in [-0.4, -0.2) is 39.8 Å². The van der Waals surface area contributed by atoms with Crippen LogP contribution < -0.4 is 4.74 Å². The van der Waals surface area contributed by atoms with Gasteiger partial charge in [0.05, 0.1) is 29.6 Å². The lowest BCUT2D eigenvalue weighted by Crippen LogP contribution is -2.36. The molecule has 0 aliphatic carbocycles. The lowest BCUT2D eigenvalue weighted by atomic mass is 10.1. The molecule has 7 heteroatoms. The van der Waals surface area contributed by atoms with Gasteiger partial charge in [-0.2, -0.15) is 5.10 Å². The summed E-state index contributed by atoms with van der Waals surface area (Å²) in [5.41, 5.74) is 2.56. The summed E-state index contributed by atoms with van der Waals surface area (Å²) in [4.78, 5) is 14.7. The number of para-hydroxylation sites is 1. The fraction of sp³-hybridized carbons (Fsp3) is 0.385.